The zero-order chi connectivity index (χ0) is 24.8. The van der Waals surface area contributed by atoms with E-state index in [4.69, 9.17) is 21.1 Å². The van der Waals surface area contributed by atoms with Crippen molar-refractivity contribution in [3.05, 3.63) is 95.1 Å². The van der Waals surface area contributed by atoms with Crippen LogP contribution in [0.25, 0.3) is 16.9 Å². The molecule has 0 atom stereocenters. The second-order valence-corrected chi connectivity index (χ2v) is 8.15. The van der Waals surface area contributed by atoms with Gasteiger partial charge in [-0.15, -0.1) is 0 Å². The number of ether oxygens (including phenoxy) is 2. The van der Waals surface area contributed by atoms with Gasteiger partial charge in [0.25, 0.3) is 5.91 Å². The number of carbonyl (C=O) groups excluding carboxylic acids is 2. The maximum Gasteiger partial charge on any atom is 0.358 e. The Morgan fingerprint density at radius 3 is 2.57 bits per heavy atom. The molecule has 0 bridgehead atoms. The van der Waals surface area contributed by atoms with Crippen molar-refractivity contribution in [2.24, 2.45) is 0 Å². The lowest BCUT2D eigenvalue weighted by Crippen LogP contribution is -2.20. The van der Waals surface area contributed by atoms with Crippen molar-refractivity contribution in [1.29, 1.82) is 0 Å². The minimum absolute atomic E-state index is 0.168. The molecule has 7 nitrogen and oxygen atoms in total. The van der Waals surface area contributed by atoms with Crippen LogP contribution in [0, 0.1) is 6.92 Å². The Kier molecular flexibility index (Phi) is 7.48. The number of anilines is 1. The third kappa shape index (κ3) is 5.88. The number of halogens is 1. The molecule has 1 heterocycles. The first kappa shape index (κ1) is 24.0. The van der Waals surface area contributed by atoms with Gasteiger partial charge in [0.1, 0.15) is 5.75 Å². The summed E-state index contributed by atoms with van der Waals surface area (Å²) in [6, 6.07) is 23.6. The van der Waals surface area contributed by atoms with Crippen LogP contribution in [0.1, 0.15) is 23.0 Å². The highest BCUT2D eigenvalue weighted by Crippen LogP contribution is 2.28. The maximum atomic E-state index is 12.5. The average Bonchev–Trinajstić information content (AvgIpc) is 3.29. The van der Waals surface area contributed by atoms with Crippen LogP contribution >= 0.6 is 11.6 Å². The predicted molar refractivity (Wildman–Crippen MR) is 135 cm³/mol. The van der Waals surface area contributed by atoms with E-state index in [-0.39, 0.29) is 24.8 Å². The summed E-state index contributed by atoms with van der Waals surface area (Å²) < 4.78 is 12.4. The molecule has 0 spiro atoms. The van der Waals surface area contributed by atoms with Gasteiger partial charge in [0.05, 0.1) is 18.0 Å². The van der Waals surface area contributed by atoms with Crippen molar-refractivity contribution < 1.29 is 19.1 Å². The quantitative estimate of drug-likeness (QED) is 0.321. The van der Waals surface area contributed by atoms with Crippen molar-refractivity contribution in [1.82, 2.24) is 9.78 Å². The summed E-state index contributed by atoms with van der Waals surface area (Å²) >= 11 is 5.95. The number of carbonyl (C=O) groups is 2. The number of aryl methyl sites for hydroxylation is 1. The molecule has 0 saturated carbocycles. The molecule has 0 aliphatic carbocycles. The van der Waals surface area contributed by atoms with Gasteiger partial charge in [-0.25, -0.2) is 9.48 Å². The smallest absolute Gasteiger partial charge is 0.358 e. The molecule has 4 aromatic rings. The van der Waals surface area contributed by atoms with Crippen LogP contribution in [0.3, 0.4) is 0 Å². The molecule has 0 aliphatic rings. The highest BCUT2D eigenvalue weighted by atomic mass is 35.5. The normalized spacial score (nSPS) is 10.6. The maximum absolute atomic E-state index is 12.5. The monoisotopic (exact) mass is 489 g/mol. The largest absolute Gasteiger partial charge is 0.484 e. The van der Waals surface area contributed by atoms with E-state index in [0.717, 1.165) is 16.8 Å². The molecule has 0 fully saturated rings. The van der Waals surface area contributed by atoms with Crippen LogP contribution < -0.4 is 10.1 Å². The van der Waals surface area contributed by atoms with Crippen LogP contribution in [0.5, 0.6) is 5.75 Å². The van der Waals surface area contributed by atoms with Crippen molar-refractivity contribution in [3.8, 4) is 22.7 Å². The fourth-order valence-electron chi connectivity index (χ4n) is 3.54. The van der Waals surface area contributed by atoms with Gasteiger partial charge in [0.15, 0.2) is 12.3 Å². The first-order valence-corrected chi connectivity index (χ1v) is 11.4. The van der Waals surface area contributed by atoms with Gasteiger partial charge >= 0.3 is 5.97 Å². The average molecular weight is 490 g/mol. The van der Waals surface area contributed by atoms with Gasteiger partial charge in [0, 0.05) is 16.3 Å². The van der Waals surface area contributed by atoms with Gasteiger partial charge in [-0.05, 0) is 61.9 Å². The number of nitrogens with one attached hydrogen (secondary N) is 1. The standard InChI is InChI=1S/C27H24ClN3O4/c1-3-34-27(33)23-16-25(31(30-23)24-13-5-4-8-18(24)2)19-9-6-11-21(14-19)29-26(32)17-35-22-12-7-10-20(28)15-22/h4-16H,3,17H2,1-2H3,(H,29,32). The Balaban J connectivity index is 1.59. The molecule has 1 amide bonds. The number of hydrogen-bond acceptors (Lipinski definition) is 5. The number of rotatable bonds is 8. The van der Waals surface area contributed by atoms with Crippen LogP contribution in [0.4, 0.5) is 5.69 Å². The molecule has 178 valence electrons. The Morgan fingerprint density at radius 1 is 1.00 bits per heavy atom. The molecular formula is C27H24ClN3O4. The SMILES string of the molecule is CCOC(=O)c1cc(-c2cccc(NC(=O)COc3cccc(Cl)c3)c2)n(-c2ccccc2C)n1. The van der Waals surface area contributed by atoms with Crippen molar-refractivity contribution >= 4 is 29.2 Å². The fraction of sp³-hybridized carbons (Fsp3) is 0.148. The van der Waals surface area contributed by atoms with Crippen molar-refractivity contribution in [2.45, 2.75) is 13.8 Å². The van der Waals surface area contributed by atoms with Gasteiger partial charge < -0.3 is 14.8 Å². The number of amides is 1. The number of para-hydroxylation sites is 1. The lowest BCUT2D eigenvalue weighted by Gasteiger charge is -2.12. The number of benzene rings is 3. The van der Waals surface area contributed by atoms with Crippen molar-refractivity contribution in [2.75, 3.05) is 18.5 Å². The molecular weight excluding hydrogens is 466 g/mol. The van der Waals surface area contributed by atoms with Crippen LogP contribution in [-0.2, 0) is 9.53 Å². The molecule has 4 rings (SSSR count). The lowest BCUT2D eigenvalue weighted by molar-refractivity contribution is -0.118. The zero-order valence-electron chi connectivity index (χ0n) is 19.3. The summed E-state index contributed by atoms with van der Waals surface area (Å²) in [6.45, 7) is 3.81. The summed E-state index contributed by atoms with van der Waals surface area (Å²) in [4.78, 5) is 24.9. The molecule has 0 saturated heterocycles. The van der Waals surface area contributed by atoms with E-state index < -0.39 is 5.97 Å². The number of aromatic nitrogens is 2. The summed E-state index contributed by atoms with van der Waals surface area (Å²) in [5.74, 6) is -0.305. The Hall–Kier alpha value is -4.10. The first-order chi connectivity index (χ1) is 16.9. The van der Waals surface area contributed by atoms with E-state index in [1.807, 2.05) is 49.4 Å². The Bertz CT molecular complexity index is 1370. The molecule has 35 heavy (non-hydrogen) atoms. The second kappa shape index (κ2) is 10.9. The van der Waals surface area contributed by atoms with Gasteiger partial charge in [-0.2, -0.15) is 5.10 Å². The first-order valence-electron chi connectivity index (χ1n) is 11.1. The van der Waals surface area contributed by atoms with E-state index >= 15 is 0 Å². The lowest BCUT2D eigenvalue weighted by atomic mass is 10.1. The molecule has 0 radical (unpaired) electrons. The summed E-state index contributed by atoms with van der Waals surface area (Å²) in [6.07, 6.45) is 0. The van der Waals surface area contributed by atoms with E-state index in [1.165, 1.54) is 0 Å². The summed E-state index contributed by atoms with van der Waals surface area (Å²) in [5.41, 5.74) is 4.07. The topological polar surface area (TPSA) is 82.5 Å². The van der Waals surface area contributed by atoms with Gasteiger partial charge in [-0.1, -0.05) is 48.0 Å². The van der Waals surface area contributed by atoms with Crippen LogP contribution in [-0.4, -0.2) is 34.9 Å². The number of esters is 1. The van der Waals surface area contributed by atoms with Crippen molar-refractivity contribution in [3.63, 3.8) is 0 Å². The third-order valence-corrected chi connectivity index (χ3v) is 5.38. The third-order valence-electron chi connectivity index (χ3n) is 5.15. The highest BCUT2D eigenvalue weighted by Gasteiger charge is 2.19. The molecule has 1 N–H and O–H groups in total. The zero-order valence-corrected chi connectivity index (χ0v) is 20.1. The Labute approximate surface area is 208 Å². The van der Waals surface area contributed by atoms with Gasteiger partial charge in [0.2, 0.25) is 0 Å². The highest BCUT2D eigenvalue weighted by molar-refractivity contribution is 6.30. The number of hydrogen-bond donors (Lipinski definition) is 1. The van der Waals surface area contributed by atoms with E-state index in [2.05, 4.69) is 10.4 Å². The second-order valence-electron chi connectivity index (χ2n) is 7.71. The van der Waals surface area contributed by atoms with E-state index in [1.54, 1.807) is 48.0 Å². The van der Waals surface area contributed by atoms with E-state index in [0.29, 0.717) is 22.2 Å². The molecule has 8 heteroatoms. The Morgan fingerprint density at radius 2 is 1.80 bits per heavy atom. The summed E-state index contributed by atoms with van der Waals surface area (Å²) in [5, 5.41) is 7.89. The summed E-state index contributed by atoms with van der Waals surface area (Å²) in [7, 11) is 0. The molecule has 1 aromatic heterocycles. The van der Waals surface area contributed by atoms with Crippen LogP contribution in [0.2, 0.25) is 5.02 Å². The number of nitrogens with zero attached hydrogens (tertiary/aromatic N) is 2. The predicted octanol–water partition coefficient (Wildman–Crippen LogP) is 5.70. The van der Waals surface area contributed by atoms with Crippen LogP contribution in [0.15, 0.2) is 78.9 Å². The van der Waals surface area contributed by atoms with Gasteiger partial charge in [-0.3, -0.25) is 4.79 Å². The fourth-order valence-corrected chi connectivity index (χ4v) is 3.72. The minimum Gasteiger partial charge on any atom is -0.484 e. The minimum atomic E-state index is -0.497. The van der Waals surface area contributed by atoms with E-state index in [9.17, 15) is 9.59 Å². The molecule has 3 aromatic carbocycles. The molecule has 0 unspecified atom stereocenters. The molecule has 0 aliphatic heterocycles.